The molecule has 3 amide bonds. The summed E-state index contributed by atoms with van der Waals surface area (Å²) < 4.78 is 1.33. The summed E-state index contributed by atoms with van der Waals surface area (Å²) in [6.45, 7) is 2.08. The first-order chi connectivity index (χ1) is 10.0. The van der Waals surface area contributed by atoms with Crippen molar-refractivity contribution in [2.24, 2.45) is 0 Å². The molecule has 0 aliphatic heterocycles. The summed E-state index contributed by atoms with van der Waals surface area (Å²) in [5.41, 5.74) is 0.686. The van der Waals surface area contributed by atoms with Crippen LogP contribution >= 0.6 is 0 Å². The summed E-state index contributed by atoms with van der Waals surface area (Å²) >= 11 is 0. The molecule has 1 heterocycles. The summed E-state index contributed by atoms with van der Waals surface area (Å²) in [5.74, 6) is -1.30. The molecule has 0 spiro atoms. The van der Waals surface area contributed by atoms with Crippen molar-refractivity contribution in [2.45, 2.75) is 39.2 Å². The van der Waals surface area contributed by atoms with Gasteiger partial charge >= 0.3 is 12.0 Å². The highest BCUT2D eigenvalue weighted by atomic mass is 16.4. The highest BCUT2D eigenvalue weighted by Crippen LogP contribution is 2.03. The first kappa shape index (κ1) is 16.6. The number of hydrogen-bond acceptors (Lipinski definition) is 5. The van der Waals surface area contributed by atoms with E-state index in [1.54, 1.807) is 13.1 Å². The van der Waals surface area contributed by atoms with Crippen LogP contribution in [-0.4, -0.2) is 44.6 Å². The van der Waals surface area contributed by atoms with Gasteiger partial charge in [0, 0.05) is 19.2 Å². The van der Waals surface area contributed by atoms with Gasteiger partial charge < -0.3 is 10.4 Å². The maximum absolute atomic E-state index is 11.5. The second-order valence-electron chi connectivity index (χ2n) is 4.42. The van der Waals surface area contributed by atoms with Crippen molar-refractivity contribution in [3.63, 3.8) is 0 Å². The second-order valence-corrected chi connectivity index (χ2v) is 4.42. The third kappa shape index (κ3) is 7.04. The molecule has 9 nitrogen and oxygen atoms in total. The van der Waals surface area contributed by atoms with Gasteiger partial charge in [0.25, 0.3) is 0 Å². The number of hydrogen-bond donors (Lipinski definition) is 3. The van der Waals surface area contributed by atoms with Crippen LogP contribution in [0.2, 0.25) is 0 Å². The van der Waals surface area contributed by atoms with E-state index >= 15 is 0 Å². The Bertz CT molecular complexity index is 500. The normalized spacial score (nSPS) is 10.1. The number of unbranched alkanes of at least 4 members (excludes halogenated alkanes) is 1. The van der Waals surface area contributed by atoms with Crippen LogP contribution in [0.25, 0.3) is 0 Å². The predicted molar refractivity (Wildman–Crippen MR) is 72.4 cm³/mol. The Balaban J connectivity index is 2.32. The van der Waals surface area contributed by atoms with Gasteiger partial charge in [0.05, 0.1) is 5.69 Å². The van der Waals surface area contributed by atoms with Crippen molar-refractivity contribution in [3.05, 3.63) is 11.9 Å². The third-order valence-electron chi connectivity index (χ3n) is 2.56. The lowest BCUT2D eigenvalue weighted by atomic mass is 10.1. The molecule has 0 bridgehead atoms. The van der Waals surface area contributed by atoms with Crippen LogP contribution in [-0.2, 0) is 22.6 Å². The number of rotatable bonds is 8. The van der Waals surface area contributed by atoms with Gasteiger partial charge in [-0.1, -0.05) is 5.21 Å². The second kappa shape index (κ2) is 8.67. The van der Waals surface area contributed by atoms with Gasteiger partial charge in [0.15, 0.2) is 0 Å². The fraction of sp³-hybridized carbons (Fsp3) is 0.583. The molecule has 0 aliphatic rings. The first-order valence-electron chi connectivity index (χ1n) is 6.69. The highest BCUT2D eigenvalue weighted by Gasteiger charge is 2.09. The molecule has 0 unspecified atom stereocenters. The average Bonchev–Trinajstić information content (AvgIpc) is 2.82. The fourth-order valence-corrected chi connectivity index (χ4v) is 1.63. The summed E-state index contributed by atoms with van der Waals surface area (Å²) in [4.78, 5) is 33.0. The van der Waals surface area contributed by atoms with Crippen molar-refractivity contribution < 1.29 is 19.5 Å². The lowest BCUT2D eigenvalue weighted by Crippen LogP contribution is -2.40. The van der Waals surface area contributed by atoms with Gasteiger partial charge in [-0.25, -0.2) is 9.48 Å². The van der Waals surface area contributed by atoms with E-state index in [0.717, 1.165) is 0 Å². The number of carbonyl (C=O) groups excluding carboxylic acids is 2. The van der Waals surface area contributed by atoms with E-state index in [1.165, 1.54) is 4.68 Å². The number of carbonyl (C=O) groups is 3. The Labute approximate surface area is 121 Å². The Morgan fingerprint density at radius 3 is 2.76 bits per heavy atom. The molecule has 0 aromatic carbocycles. The molecule has 0 saturated heterocycles. The molecule has 3 N–H and O–H groups in total. The number of amides is 3. The van der Waals surface area contributed by atoms with Crippen molar-refractivity contribution in [2.75, 3.05) is 6.54 Å². The number of urea groups is 1. The predicted octanol–water partition coefficient (Wildman–Crippen LogP) is -0.0788. The van der Waals surface area contributed by atoms with Crippen LogP contribution in [0.3, 0.4) is 0 Å². The maximum atomic E-state index is 11.5. The van der Waals surface area contributed by atoms with Gasteiger partial charge in [-0.05, 0) is 26.2 Å². The first-order valence-corrected chi connectivity index (χ1v) is 6.69. The summed E-state index contributed by atoms with van der Waals surface area (Å²) in [6, 6.07) is -0.545. The zero-order valence-electron chi connectivity index (χ0n) is 11.8. The standard InChI is InChI=1S/C12H19N5O4/c1-2-13-12(21)14-10(18)8-17-7-9(15-16-17)5-3-4-6-11(19)20/h7H,2-6,8H2,1H3,(H,19,20)(H2,13,14,18,21). The van der Waals surface area contributed by atoms with E-state index < -0.39 is 17.9 Å². The Kier molecular flexibility index (Phi) is 6.85. The topological polar surface area (TPSA) is 126 Å². The lowest BCUT2D eigenvalue weighted by Gasteiger charge is -2.03. The van der Waals surface area contributed by atoms with Crippen LogP contribution < -0.4 is 10.6 Å². The summed E-state index contributed by atoms with van der Waals surface area (Å²) in [5, 5.41) is 20.8. The Morgan fingerprint density at radius 2 is 2.10 bits per heavy atom. The molecule has 9 heteroatoms. The van der Waals surface area contributed by atoms with Gasteiger partial charge in [-0.2, -0.15) is 0 Å². The Hall–Kier alpha value is -2.45. The van der Waals surface area contributed by atoms with Crippen molar-refractivity contribution >= 4 is 17.9 Å². The number of aromatic nitrogens is 3. The van der Waals surface area contributed by atoms with Gasteiger partial charge in [-0.15, -0.1) is 5.10 Å². The van der Waals surface area contributed by atoms with E-state index in [9.17, 15) is 14.4 Å². The van der Waals surface area contributed by atoms with Gasteiger partial charge in [0.2, 0.25) is 5.91 Å². The molecular formula is C12H19N5O4. The number of nitrogens with zero attached hydrogens (tertiary/aromatic N) is 3. The minimum Gasteiger partial charge on any atom is -0.481 e. The van der Waals surface area contributed by atoms with Gasteiger partial charge in [-0.3, -0.25) is 14.9 Å². The molecule has 1 rings (SSSR count). The molecular weight excluding hydrogens is 278 g/mol. The molecule has 0 atom stereocenters. The number of nitrogens with one attached hydrogen (secondary N) is 2. The van der Waals surface area contributed by atoms with Gasteiger partial charge in [0.1, 0.15) is 6.54 Å². The zero-order chi connectivity index (χ0) is 15.7. The van der Waals surface area contributed by atoms with Crippen molar-refractivity contribution in [1.82, 2.24) is 25.6 Å². The van der Waals surface area contributed by atoms with Crippen LogP contribution in [0.5, 0.6) is 0 Å². The molecule has 0 aliphatic carbocycles. The minimum atomic E-state index is -0.819. The minimum absolute atomic E-state index is 0.0980. The molecule has 21 heavy (non-hydrogen) atoms. The number of carboxylic acids is 1. The highest BCUT2D eigenvalue weighted by molar-refractivity contribution is 5.94. The van der Waals surface area contributed by atoms with Crippen LogP contribution in [0.1, 0.15) is 31.9 Å². The van der Waals surface area contributed by atoms with E-state index in [2.05, 4.69) is 20.9 Å². The zero-order valence-corrected chi connectivity index (χ0v) is 11.8. The van der Waals surface area contributed by atoms with E-state index in [0.29, 0.717) is 31.5 Å². The van der Waals surface area contributed by atoms with Crippen molar-refractivity contribution in [3.8, 4) is 0 Å². The molecule has 0 fully saturated rings. The lowest BCUT2D eigenvalue weighted by molar-refractivity contribution is -0.137. The molecule has 1 aromatic rings. The molecule has 1 aromatic heterocycles. The number of aryl methyl sites for hydroxylation is 1. The molecule has 116 valence electrons. The number of carboxylic acid groups (broad SMARTS) is 1. The van der Waals surface area contributed by atoms with Crippen molar-refractivity contribution in [1.29, 1.82) is 0 Å². The third-order valence-corrected chi connectivity index (χ3v) is 2.56. The Morgan fingerprint density at radius 1 is 1.33 bits per heavy atom. The summed E-state index contributed by atoms with van der Waals surface area (Å²) in [7, 11) is 0. The number of imide groups is 1. The van der Waals surface area contributed by atoms with E-state index in [-0.39, 0.29) is 13.0 Å². The smallest absolute Gasteiger partial charge is 0.321 e. The van der Waals surface area contributed by atoms with Crippen LogP contribution in [0.4, 0.5) is 4.79 Å². The quantitative estimate of drug-likeness (QED) is 0.576. The molecule has 0 radical (unpaired) electrons. The monoisotopic (exact) mass is 297 g/mol. The summed E-state index contributed by atoms with van der Waals surface area (Å²) in [6.07, 6.45) is 3.60. The van der Waals surface area contributed by atoms with E-state index in [4.69, 9.17) is 5.11 Å². The number of aliphatic carboxylic acids is 1. The maximum Gasteiger partial charge on any atom is 0.321 e. The molecule has 0 saturated carbocycles. The largest absolute Gasteiger partial charge is 0.481 e. The average molecular weight is 297 g/mol. The van der Waals surface area contributed by atoms with E-state index in [1.807, 2.05) is 0 Å². The fourth-order valence-electron chi connectivity index (χ4n) is 1.63. The SMILES string of the molecule is CCNC(=O)NC(=O)Cn1cc(CCCCC(=O)O)nn1. The van der Waals surface area contributed by atoms with Crippen LogP contribution in [0, 0.1) is 0 Å². The van der Waals surface area contributed by atoms with Crippen LogP contribution in [0.15, 0.2) is 6.20 Å².